The van der Waals surface area contributed by atoms with Gasteiger partial charge in [-0.15, -0.1) is 11.8 Å². The van der Waals surface area contributed by atoms with E-state index in [2.05, 4.69) is 5.32 Å². The van der Waals surface area contributed by atoms with Crippen LogP contribution in [0.5, 0.6) is 0 Å². The van der Waals surface area contributed by atoms with Crippen LogP contribution in [0.25, 0.3) is 0 Å². The number of ether oxygens (including phenoxy) is 1. The lowest BCUT2D eigenvalue weighted by Gasteiger charge is -2.33. The maximum atomic E-state index is 13.4. The number of rotatable bonds is 7. The van der Waals surface area contributed by atoms with Gasteiger partial charge in [-0.05, 0) is 48.7 Å². The van der Waals surface area contributed by atoms with Gasteiger partial charge in [0.1, 0.15) is 16.7 Å². The van der Waals surface area contributed by atoms with Gasteiger partial charge in [0.25, 0.3) is 5.91 Å². The van der Waals surface area contributed by atoms with Crippen LogP contribution in [-0.2, 0) is 34.0 Å². The van der Waals surface area contributed by atoms with Crippen molar-refractivity contribution in [2.45, 2.75) is 35.6 Å². The molecule has 0 aliphatic carbocycles. The van der Waals surface area contributed by atoms with Crippen LogP contribution in [0.2, 0.25) is 0 Å². The molecule has 2 atom stereocenters. The quantitative estimate of drug-likeness (QED) is 0.542. The fourth-order valence-corrected chi connectivity index (χ4v) is 7.19. The number of sulfonamides is 1. The molecule has 192 valence electrons. The molecular formula is C24H26FN3O6S2. The second-order valence-electron chi connectivity index (χ2n) is 8.81. The molecule has 36 heavy (non-hydrogen) atoms. The first-order valence-electron chi connectivity index (χ1n) is 11.2. The van der Waals surface area contributed by atoms with Crippen molar-refractivity contribution in [3.8, 4) is 0 Å². The first-order chi connectivity index (χ1) is 17.0. The topological polar surface area (TPSA) is 113 Å². The monoisotopic (exact) mass is 535 g/mol. The summed E-state index contributed by atoms with van der Waals surface area (Å²) in [6.07, 6.45) is 0.734. The number of esters is 1. The SMILES string of the molecule is Cc1ccc(NC(=O)COC(=O)C2CSC3(c4ccc(F)cc4)CCC(=O)N23)cc1S(=O)(=O)N(C)C. The van der Waals surface area contributed by atoms with Gasteiger partial charge >= 0.3 is 5.97 Å². The molecule has 0 saturated carbocycles. The van der Waals surface area contributed by atoms with Crippen LogP contribution in [0.1, 0.15) is 24.0 Å². The average Bonchev–Trinajstić information content (AvgIpc) is 3.38. The van der Waals surface area contributed by atoms with E-state index in [4.69, 9.17) is 4.74 Å². The van der Waals surface area contributed by atoms with Crippen molar-refractivity contribution >= 4 is 45.3 Å². The van der Waals surface area contributed by atoms with Gasteiger partial charge in [0.15, 0.2) is 6.61 Å². The van der Waals surface area contributed by atoms with Crippen LogP contribution in [0.15, 0.2) is 47.4 Å². The fraction of sp³-hybridized carbons (Fsp3) is 0.375. The number of carbonyl (C=O) groups excluding carboxylic acids is 3. The number of benzene rings is 2. The molecule has 2 unspecified atom stereocenters. The van der Waals surface area contributed by atoms with Crippen molar-refractivity contribution in [1.82, 2.24) is 9.21 Å². The second kappa shape index (κ2) is 9.83. The summed E-state index contributed by atoms with van der Waals surface area (Å²) in [5.74, 6) is -1.67. The highest BCUT2D eigenvalue weighted by molar-refractivity contribution is 8.00. The third-order valence-corrected chi connectivity index (χ3v) is 9.82. The first kappa shape index (κ1) is 26.1. The molecule has 2 amide bonds. The minimum absolute atomic E-state index is 0.0509. The van der Waals surface area contributed by atoms with E-state index in [9.17, 15) is 27.2 Å². The van der Waals surface area contributed by atoms with E-state index in [1.165, 1.54) is 49.0 Å². The molecule has 2 aromatic carbocycles. The molecule has 0 radical (unpaired) electrons. The smallest absolute Gasteiger partial charge is 0.330 e. The molecule has 2 saturated heterocycles. The standard InChI is InChI=1S/C24H26FN3O6S2/c1-15-4-9-18(12-20(15)36(32,33)27(2)3)26-21(29)13-34-23(31)19-14-35-24(11-10-22(30)28(19)24)16-5-7-17(25)8-6-16/h4-9,12,19H,10-11,13-14H2,1-3H3,(H,26,29). The van der Waals surface area contributed by atoms with Crippen molar-refractivity contribution in [3.63, 3.8) is 0 Å². The number of aryl methyl sites for hydroxylation is 1. The summed E-state index contributed by atoms with van der Waals surface area (Å²) >= 11 is 1.42. The number of carbonyl (C=O) groups is 3. The number of nitrogens with one attached hydrogen (secondary N) is 1. The predicted molar refractivity (Wildman–Crippen MR) is 132 cm³/mol. The van der Waals surface area contributed by atoms with Crippen LogP contribution in [0.4, 0.5) is 10.1 Å². The van der Waals surface area contributed by atoms with Gasteiger partial charge in [0.05, 0.1) is 4.90 Å². The average molecular weight is 536 g/mol. The molecule has 2 aromatic rings. The third kappa shape index (κ3) is 4.72. The number of fused-ring (bicyclic) bond motifs is 1. The van der Waals surface area contributed by atoms with Gasteiger partial charge in [-0.2, -0.15) is 0 Å². The summed E-state index contributed by atoms with van der Waals surface area (Å²) in [7, 11) is -0.885. The summed E-state index contributed by atoms with van der Waals surface area (Å²) < 4.78 is 44.8. The van der Waals surface area contributed by atoms with E-state index in [-0.39, 0.29) is 28.7 Å². The summed E-state index contributed by atoms with van der Waals surface area (Å²) in [5, 5.41) is 2.54. The molecule has 2 aliphatic rings. The minimum atomic E-state index is -3.71. The van der Waals surface area contributed by atoms with Crippen molar-refractivity contribution < 1.29 is 31.9 Å². The van der Waals surface area contributed by atoms with E-state index < -0.39 is 45.2 Å². The number of halogens is 1. The van der Waals surface area contributed by atoms with Gasteiger partial charge in [-0.3, -0.25) is 9.59 Å². The van der Waals surface area contributed by atoms with Crippen molar-refractivity contribution in [2.75, 3.05) is 31.8 Å². The van der Waals surface area contributed by atoms with E-state index >= 15 is 0 Å². The Morgan fingerprint density at radius 2 is 1.92 bits per heavy atom. The molecule has 0 aromatic heterocycles. The number of nitrogens with zero attached hydrogens (tertiary/aromatic N) is 2. The number of hydrogen-bond acceptors (Lipinski definition) is 7. The van der Waals surface area contributed by atoms with Crippen molar-refractivity contribution in [2.24, 2.45) is 0 Å². The van der Waals surface area contributed by atoms with Gasteiger partial charge in [0, 0.05) is 32.0 Å². The Labute approximate surface area is 213 Å². The summed E-state index contributed by atoms with van der Waals surface area (Å²) in [5.41, 5.74) is 1.49. The number of anilines is 1. The van der Waals surface area contributed by atoms with Crippen LogP contribution >= 0.6 is 11.8 Å². The maximum Gasteiger partial charge on any atom is 0.330 e. The Hall–Kier alpha value is -2.96. The van der Waals surface area contributed by atoms with Crippen LogP contribution in [-0.4, -0.2) is 67.9 Å². The summed E-state index contributed by atoms with van der Waals surface area (Å²) in [6.45, 7) is 1.05. The normalized spacial score (nSPS) is 21.5. The Morgan fingerprint density at radius 3 is 2.58 bits per heavy atom. The zero-order chi connectivity index (χ0) is 26.3. The molecular weight excluding hydrogens is 509 g/mol. The zero-order valence-electron chi connectivity index (χ0n) is 20.0. The number of hydrogen-bond donors (Lipinski definition) is 1. The van der Waals surface area contributed by atoms with E-state index in [1.807, 2.05) is 0 Å². The fourth-order valence-electron chi connectivity index (χ4n) is 4.41. The van der Waals surface area contributed by atoms with Crippen molar-refractivity contribution in [3.05, 3.63) is 59.4 Å². The Morgan fingerprint density at radius 1 is 1.22 bits per heavy atom. The lowest BCUT2D eigenvalue weighted by atomic mass is 10.0. The zero-order valence-corrected chi connectivity index (χ0v) is 21.6. The molecule has 2 aliphatic heterocycles. The van der Waals surface area contributed by atoms with Crippen LogP contribution in [0.3, 0.4) is 0 Å². The van der Waals surface area contributed by atoms with E-state index in [0.717, 1.165) is 9.87 Å². The molecule has 1 N–H and O–H groups in total. The Kier molecular flexibility index (Phi) is 7.13. The van der Waals surface area contributed by atoms with E-state index in [1.54, 1.807) is 31.2 Å². The lowest BCUT2D eigenvalue weighted by molar-refractivity contribution is -0.155. The summed E-state index contributed by atoms with van der Waals surface area (Å²) in [4.78, 5) is 38.8. The third-order valence-electron chi connectivity index (χ3n) is 6.27. The largest absolute Gasteiger partial charge is 0.454 e. The van der Waals surface area contributed by atoms with Crippen LogP contribution < -0.4 is 5.32 Å². The molecule has 12 heteroatoms. The second-order valence-corrected chi connectivity index (χ2v) is 12.2. The highest BCUT2D eigenvalue weighted by Crippen LogP contribution is 2.54. The summed E-state index contributed by atoms with van der Waals surface area (Å²) in [6, 6.07) is 9.46. The van der Waals surface area contributed by atoms with E-state index in [0.29, 0.717) is 12.0 Å². The minimum Gasteiger partial charge on any atom is -0.454 e. The molecule has 0 bridgehead atoms. The van der Waals surface area contributed by atoms with Gasteiger partial charge in [0.2, 0.25) is 15.9 Å². The number of thioether (sulfide) groups is 1. The predicted octanol–water partition coefficient (Wildman–Crippen LogP) is 2.46. The number of amides is 2. The molecule has 0 spiro atoms. The molecule has 2 heterocycles. The maximum absolute atomic E-state index is 13.4. The van der Waals surface area contributed by atoms with Crippen molar-refractivity contribution in [1.29, 1.82) is 0 Å². The first-order valence-corrected chi connectivity index (χ1v) is 13.6. The van der Waals surface area contributed by atoms with Gasteiger partial charge in [-0.25, -0.2) is 21.9 Å². The highest BCUT2D eigenvalue weighted by Gasteiger charge is 2.57. The van der Waals surface area contributed by atoms with Crippen LogP contribution in [0, 0.1) is 12.7 Å². The van der Waals surface area contributed by atoms with Gasteiger partial charge < -0.3 is 15.0 Å². The Balaban J connectivity index is 1.42. The highest BCUT2D eigenvalue weighted by atomic mass is 32.2. The lowest BCUT2D eigenvalue weighted by Crippen LogP contribution is -2.47. The van der Waals surface area contributed by atoms with Gasteiger partial charge in [-0.1, -0.05) is 18.2 Å². The molecule has 2 fully saturated rings. The Bertz CT molecular complexity index is 1320. The molecule has 9 nitrogen and oxygen atoms in total. The molecule has 4 rings (SSSR count).